The zero-order chi connectivity index (χ0) is 17.5. The van der Waals surface area contributed by atoms with Crippen LogP contribution in [0.2, 0.25) is 5.02 Å². The summed E-state index contributed by atoms with van der Waals surface area (Å²) >= 11 is 7.52. The average Bonchev–Trinajstić information content (AvgIpc) is 3.03. The largest absolute Gasteiger partial charge is 0.356 e. The Hall–Kier alpha value is -1.98. The standard InChI is InChI=1S/C19H20ClN3OS/c20-14-7-9-15(10-8-14)25-13-11-19(24)21-12-3-6-18-22-16-4-1-2-5-17(16)23-18/h1-2,4-5,7-10H,3,6,11-13H2,(H,21,24)(H,22,23). The van der Waals surface area contributed by atoms with Crippen molar-refractivity contribution in [3.8, 4) is 0 Å². The summed E-state index contributed by atoms with van der Waals surface area (Å²) in [7, 11) is 0. The quantitative estimate of drug-likeness (QED) is 0.453. The molecule has 0 fully saturated rings. The van der Waals surface area contributed by atoms with Crippen LogP contribution in [-0.2, 0) is 11.2 Å². The maximum atomic E-state index is 11.9. The third kappa shape index (κ3) is 5.51. The van der Waals surface area contributed by atoms with E-state index in [0.717, 1.165) is 45.4 Å². The Morgan fingerprint density at radius 2 is 1.96 bits per heavy atom. The van der Waals surface area contributed by atoms with Crippen LogP contribution < -0.4 is 5.32 Å². The SMILES string of the molecule is O=C(CCSc1ccc(Cl)cc1)NCCCc1nc2ccccc2[nH]1. The molecule has 0 aliphatic carbocycles. The molecule has 1 amide bonds. The molecule has 0 atom stereocenters. The third-order valence-corrected chi connectivity index (χ3v) is 5.03. The van der Waals surface area contributed by atoms with Crippen molar-refractivity contribution in [2.45, 2.75) is 24.2 Å². The lowest BCUT2D eigenvalue weighted by molar-refractivity contribution is -0.120. The van der Waals surface area contributed by atoms with Crippen molar-refractivity contribution >= 4 is 40.3 Å². The van der Waals surface area contributed by atoms with E-state index in [1.54, 1.807) is 11.8 Å². The van der Waals surface area contributed by atoms with Crippen LogP contribution in [0.15, 0.2) is 53.4 Å². The van der Waals surface area contributed by atoms with Crippen molar-refractivity contribution in [3.63, 3.8) is 0 Å². The van der Waals surface area contributed by atoms with Gasteiger partial charge in [0.05, 0.1) is 11.0 Å². The number of imidazole rings is 1. The van der Waals surface area contributed by atoms with Crippen LogP contribution in [0.25, 0.3) is 11.0 Å². The number of hydrogen-bond acceptors (Lipinski definition) is 3. The predicted octanol–water partition coefficient (Wildman–Crippen LogP) is 4.45. The normalized spacial score (nSPS) is 10.9. The number of rotatable bonds is 8. The van der Waals surface area contributed by atoms with Gasteiger partial charge < -0.3 is 10.3 Å². The summed E-state index contributed by atoms with van der Waals surface area (Å²) in [6.07, 6.45) is 2.21. The number of thioether (sulfide) groups is 1. The molecule has 2 N–H and O–H groups in total. The smallest absolute Gasteiger partial charge is 0.220 e. The molecule has 0 unspecified atom stereocenters. The molecule has 0 saturated carbocycles. The van der Waals surface area contributed by atoms with Crippen LogP contribution in [0.4, 0.5) is 0 Å². The number of carbonyl (C=O) groups excluding carboxylic acids is 1. The van der Waals surface area contributed by atoms with E-state index in [0.29, 0.717) is 13.0 Å². The zero-order valence-electron chi connectivity index (χ0n) is 13.8. The highest BCUT2D eigenvalue weighted by Crippen LogP contribution is 2.20. The number of nitrogens with zero attached hydrogens (tertiary/aromatic N) is 1. The number of aromatic amines is 1. The van der Waals surface area contributed by atoms with Crippen molar-refractivity contribution < 1.29 is 4.79 Å². The molecular formula is C19H20ClN3OS. The summed E-state index contributed by atoms with van der Waals surface area (Å²) in [6.45, 7) is 0.668. The van der Waals surface area contributed by atoms with Crippen molar-refractivity contribution in [2.75, 3.05) is 12.3 Å². The highest BCUT2D eigenvalue weighted by atomic mass is 35.5. The van der Waals surface area contributed by atoms with E-state index in [-0.39, 0.29) is 5.91 Å². The Morgan fingerprint density at radius 1 is 1.16 bits per heavy atom. The van der Waals surface area contributed by atoms with Gasteiger partial charge in [-0.15, -0.1) is 11.8 Å². The predicted molar refractivity (Wildman–Crippen MR) is 104 cm³/mol. The lowest BCUT2D eigenvalue weighted by Gasteiger charge is -2.05. The fraction of sp³-hybridized carbons (Fsp3) is 0.263. The molecule has 0 aliphatic heterocycles. The maximum Gasteiger partial charge on any atom is 0.220 e. The summed E-state index contributed by atoms with van der Waals surface area (Å²) in [6, 6.07) is 15.7. The van der Waals surface area contributed by atoms with E-state index in [1.165, 1.54) is 0 Å². The van der Waals surface area contributed by atoms with E-state index >= 15 is 0 Å². The minimum atomic E-state index is 0.0890. The van der Waals surface area contributed by atoms with E-state index in [9.17, 15) is 4.79 Å². The van der Waals surface area contributed by atoms with E-state index in [4.69, 9.17) is 11.6 Å². The average molecular weight is 374 g/mol. The first-order valence-corrected chi connectivity index (χ1v) is 9.66. The van der Waals surface area contributed by atoms with Gasteiger partial charge in [0.15, 0.2) is 0 Å². The van der Waals surface area contributed by atoms with Gasteiger partial charge in [0, 0.05) is 35.1 Å². The highest BCUT2D eigenvalue weighted by Gasteiger charge is 2.04. The molecule has 130 valence electrons. The Bertz CT molecular complexity index is 799. The van der Waals surface area contributed by atoms with Gasteiger partial charge in [-0.05, 0) is 42.8 Å². The van der Waals surface area contributed by atoms with Crippen molar-refractivity contribution in [1.82, 2.24) is 15.3 Å². The molecule has 0 saturated heterocycles. The molecular weight excluding hydrogens is 354 g/mol. The fourth-order valence-corrected chi connectivity index (χ4v) is 3.47. The Morgan fingerprint density at radius 3 is 2.76 bits per heavy atom. The van der Waals surface area contributed by atoms with Crippen LogP contribution in [-0.4, -0.2) is 28.2 Å². The first-order chi connectivity index (χ1) is 12.2. The van der Waals surface area contributed by atoms with Crippen LogP contribution >= 0.6 is 23.4 Å². The van der Waals surface area contributed by atoms with Crippen LogP contribution in [0, 0.1) is 0 Å². The second-order valence-electron chi connectivity index (χ2n) is 5.71. The lowest BCUT2D eigenvalue weighted by atomic mass is 10.3. The molecule has 1 heterocycles. The molecule has 2 aromatic carbocycles. The zero-order valence-corrected chi connectivity index (χ0v) is 15.4. The number of hydrogen-bond donors (Lipinski definition) is 2. The molecule has 1 aromatic heterocycles. The summed E-state index contributed by atoms with van der Waals surface area (Å²) in [4.78, 5) is 20.8. The maximum absolute atomic E-state index is 11.9. The second-order valence-corrected chi connectivity index (χ2v) is 7.31. The number of carbonyl (C=O) groups is 1. The number of fused-ring (bicyclic) bond motifs is 1. The van der Waals surface area contributed by atoms with Gasteiger partial charge in [-0.25, -0.2) is 4.98 Å². The van der Waals surface area contributed by atoms with Gasteiger partial charge in [0.1, 0.15) is 5.82 Å². The molecule has 0 aliphatic rings. The van der Waals surface area contributed by atoms with Crippen LogP contribution in [0.3, 0.4) is 0 Å². The summed E-state index contributed by atoms with van der Waals surface area (Å²) in [5.41, 5.74) is 2.04. The molecule has 4 nitrogen and oxygen atoms in total. The van der Waals surface area contributed by atoms with Crippen molar-refractivity contribution in [2.24, 2.45) is 0 Å². The Labute approximate surface area is 156 Å². The number of para-hydroxylation sites is 2. The fourth-order valence-electron chi connectivity index (χ4n) is 2.49. The molecule has 3 rings (SSSR count). The second kappa shape index (κ2) is 8.92. The summed E-state index contributed by atoms with van der Waals surface area (Å²) in [5, 5.41) is 3.70. The number of aromatic nitrogens is 2. The first kappa shape index (κ1) is 17.8. The van der Waals surface area contributed by atoms with Gasteiger partial charge in [-0.3, -0.25) is 4.79 Å². The molecule has 0 bridgehead atoms. The Balaban J connectivity index is 1.31. The molecule has 25 heavy (non-hydrogen) atoms. The number of halogens is 1. The van der Waals surface area contributed by atoms with E-state index in [2.05, 4.69) is 15.3 Å². The number of amides is 1. The van der Waals surface area contributed by atoms with E-state index in [1.807, 2.05) is 48.5 Å². The third-order valence-electron chi connectivity index (χ3n) is 3.76. The molecule has 3 aromatic rings. The molecule has 6 heteroatoms. The summed E-state index contributed by atoms with van der Waals surface area (Å²) in [5.74, 6) is 1.82. The molecule has 0 radical (unpaired) electrons. The van der Waals surface area contributed by atoms with Gasteiger partial charge in [-0.2, -0.15) is 0 Å². The van der Waals surface area contributed by atoms with Crippen molar-refractivity contribution in [3.05, 3.63) is 59.4 Å². The van der Waals surface area contributed by atoms with Crippen LogP contribution in [0.5, 0.6) is 0 Å². The van der Waals surface area contributed by atoms with Gasteiger partial charge in [-0.1, -0.05) is 23.7 Å². The minimum Gasteiger partial charge on any atom is -0.356 e. The monoisotopic (exact) mass is 373 g/mol. The highest BCUT2D eigenvalue weighted by molar-refractivity contribution is 7.99. The van der Waals surface area contributed by atoms with Gasteiger partial charge >= 0.3 is 0 Å². The Kier molecular flexibility index (Phi) is 6.36. The number of benzene rings is 2. The van der Waals surface area contributed by atoms with Crippen LogP contribution in [0.1, 0.15) is 18.7 Å². The lowest BCUT2D eigenvalue weighted by Crippen LogP contribution is -2.25. The first-order valence-electron chi connectivity index (χ1n) is 8.29. The summed E-state index contributed by atoms with van der Waals surface area (Å²) < 4.78 is 0. The van der Waals surface area contributed by atoms with Crippen molar-refractivity contribution in [1.29, 1.82) is 0 Å². The number of H-pyrrole nitrogens is 1. The molecule has 0 spiro atoms. The van der Waals surface area contributed by atoms with Gasteiger partial charge in [0.2, 0.25) is 5.91 Å². The van der Waals surface area contributed by atoms with E-state index < -0.39 is 0 Å². The minimum absolute atomic E-state index is 0.0890. The topological polar surface area (TPSA) is 57.8 Å². The van der Waals surface area contributed by atoms with Gasteiger partial charge in [0.25, 0.3) is 0 Å². The number of nitrogens with one attached hydrogen (secondary N) is 2. The number of aryl methyl sites for hydroxylation is 1.